The van der Waals surface area contributed by atoms with Gasteiger partial charge in [-0.1, -0.05) is 36.4 Å². The second kappa shape index (κ2) is 4.84. The number of piperidine rings is 1. The van der Waals surface area contributed by atoms with Crippen molar-refractivity contribution in [1.82, 2.24) is 5.32 Å². The van der Waals surface area contributed by atoms with Gasteiger partial charge in [0, 0.05) is 12.1 Å². The maximum atomic E-state index is 12.9. The predicted molar refractivity (Wildman–Crippen MR) is 71.8 cm³/mol. The van der Waals surface area contributed by atoms with Crippen LogP contribution in [0.2, 0.25) is 0 Å². The Kier molecular flexibility index (Phi) is 3.03. The minimum Gasteiger partial charge on any atom is -0.329 e. The summed E-state index contributed by atoms with van der Waals surface area (Å²) in [5, 5.41) is 2.93. The molecule has 1 aliphatic heterocycles. The fourth-order valence-corrected chi connectivity index (χ4v) is 2.55. The van der Waals surface area contributed by atoms with E-state index < -0.39 is 0 Å². The van der Waals surface area contributed by atoms with Gasteiger partial charge in [-0.05, 0) is 35.6 Å². The molecular formula is C16H14FNO. The normalized spacial score (nSPS) is 21.9. The van der Waals surface area contributed by atoms with Gasteiger partial charge in [-0.3, -0.25) is 4.79 Å². The number of hydrogen-bond acceptors (Lipinski definition) is 1. The average molecular weight is 255 g/mol. The van der Waals surface area contributed by atoms with Crippen molar-refractivity contribution in [2.24, 2.45) is 0 Å². The van der Waals surface area contributed by atoms with Gasteiger partial charge < -0.3 is 5.32 Å². The predicted octanol–water partition coefficient (Wildman–Crippen LogP) is 3.20. The minimum atomic E-state index is -0.246. The summed E-state index contributed by atoms with van der Waals surface area (Å²) in [6, 6.07) is 6.43. The number of nitrogens with one attached hydrogen (secondary N) is 1. The third kappa shape index (κ3) is 2.50. The van der Waals surface area contributed by atoms with Crippen molar-refractivity contribution in [1.29, 1.82) is 0 Å². The van der Waals surface area contributed by atoms with Crippen LogP contribution in [0.4, 0.5) is 4.39 Å². The number of allylic oxidation sites excluding steroid dienone is 6. The molecule has 3 rings (SSSR count). The Morgan fingerprint density at radius 3 is 2.42 bits per heavy atom. The molecule has 0 saturated carbocycles. The van der Waals surface area contributed by atoms with Gasteiger partial charge in [0.05, 0.1) is 0 Å². The Hall–Kier alpha value is -2.16. The lowest BCUT2D eigenvalue weighted by atomic mass is 9.87. The van der Waals surface area contributed by atoms with Gasteiger partial charge in [0.2, 0.25) is 5.91 Å². The van der Waals surface area contributed by atoms with Crippen molar-refractivity contribution in [2.45, 2.75) is 18.8 Å². The van der Waals surface area contributed by atoms with E-state index in [2.05, 4.69) is 5.32 Å². The third-order valence-corrected chi connectivity index (χ3v) is 3.53. The molecule has 2 nitrogen and oxygen atoms in total. The van der Waals surface area contributed by atoms with Crippen molar-refractivity contribution < 1.29 is 9.18 Å². The lowest BCUT2D eigenvalue weighted by Crippen LogP contribution is -2.31. The molecule has 3 heteroatoms. The number of rotatable bonds is 1. The molecule has 0 radical (unpaired) electrons. The molecule has 1 aliphatic carbocycles. The number of hydrogen-bond donors (Lipinski definition) is 1. The van der Waals surface area contributed by atoms with E-state index in [1.165, 1.54) is 12.1 Å². The average Bonchev–Trinajstić information content (AvgIpc) is 2.93. The van der Waals surface area contributed by atoms with Crippen molar-refractivity contribution in [3.8, 4) is 0 Å². The first-order chi connectivity index (χ1) is 9.22. The van der Waals surface area contributed by atoms with E-state index in [9.17, 15) is 9.18 Å². The van der Waals surface area contributed by atoms with Gasteiger partial charge in [0.25, 0.3) is 0 Å². The molecule has 0 aromatic heterocycles. The van der Waals surface area contributed by atoms with Crippen molar-refractivity contribution in [3.63, 3.8) is 0 Å². The molecule has 1 N–H and O–H groups in total. The molecule has 1 unspecified atom stereocenters. The zero-order valence-electron chi connectivity index (χ0n) is 10.4. The smallest absolute Gasteiger partial charge is 0.224 e. The lowest BCUT2D eigenvalue weighted by Gasteiger charge is -2.26. The molecule has 0 spiro atoms. The third-order valence-electron chi connectivity index (χ3n) is 3.53. The van der Waals surface area contributed by atoms with E-state index in [1.54, 1.807) is 12.1 Å². The van der Waals surface area contributed by atoms with Crippen molar-refractivity contribution in [3.05, 3.63) is 71.2 Å². The molecule has 1 aromatic carbocycles. The Morgan fingerprint density at radius 2 is 1.74 bits per heavy atom. The number of carbonyl (C=O) groups excluding carboxylic acids is 1. The molecule has 96 valence electrons. The van der Waals surface area contributed by atoms with Gasteiger partial charge in [0.1, 0.15) is 5.82 Å². The van der Waals surface area contributed by atoms with Crippen LogP contribution >= 0.6 is 0 Å². The molecule has 2 aliphatic rings. The highest BCUT2D eigenvalue weighted by atomic mass is 19.1. The van der Waals surface area contributed by atoms with Gasteiger partial charge in [-0.15, -0.1) is 0 Å². The zero-order chi connectivity index (χ0) is 13.2. The van der Waals surface area contributed by atoms with Gasteiger partial charge in [-0.25, -0.2) is 4.39 Å². The highest BCUT2D eigenvalue weighted by Gasteiger charge is 2.25. The number of carbonyl (C=O) groups is 1. The fourth-order valence-electron chi connectivity index (χ4n) is 2.55. The summed E-state index contributed by atoms with van der Waals surface area (Å²) in [5.41, 5.74) is 3.02. The summed E-state index contributed by atoms with van der Waals surface area (Å²) in [4.78, 5) is 11.8. The Balaban J connectivity index is 1.89. The maximum Gasteiger partial charge on any atom is 0.224 e. The minimum absolute atomic E-state index is 0.0248. The largest absolute Gasteiger partial charge is 0.329 e. The van der Waals surface area contributed by atoms with E-state index in [0.29, 0.717) is 6.42 Å². The summed E-state index contributed by atoms with van der Waals surface area (Å²) in [7, 11) is 0. The highest BCUT2D eigenvalue weighted by Crippen LogP contribution is 2.32. The molecule has 0 bridgehead atoms. The van der Waals surface area contributed by atoms with Crippen LogP contribution in [-0.2, 0) is 4.79 Å². The Labute approximate surface area is 111 Å². The maximum absolute atomic E-state index is 12.9. The Bertz CT molecular complexity index is 582. The summed E-state index contributed by atoms with van der Waals surface area (Å²) in [5.74, 6) is -0.0970. The van der Waals surface area contributed by atoms with E-state index in [-0.39, 0.29) is 17.6 Å². The van der Waals surface area contributed by atoms with Gasteiger partial charge >= 0.3 is 0 Å². The number of benzene rings is 1. The molecule has 1 heterocycles. The Morgan fingerprint density at radius 1 is 1.05 bits per heavy atom. The van der Waals surface area contributed by atoms with Gasteiger partial charge in [0.15, 0.2) is 0 Å². The monoisotopic (exact) mass is 255 g/mol. The van der Waals surface area contributed by atoms with E-state index >= 15 is 0 Å². The van der Waals surface area contributed by atoms with Gasteiger partial charge in [-0.2, -0.15) is 0 Å². The number of amides is 1. The van der Waals surface area contributed by atoms with Crippen LogP contribution in [0.3, 0.4) is 0 Å². The summed E-state index contributed by atoms with van der Waals surface area (Å²) in [6.45, 7) is 0. The molecule has 19 heavy (non-hydrogen) atoms. The molecule has 1 fully saturated rings. The van der Waals surface area contributed by atoms with Crippen LogP contribution in [0.25, 0.3) is 0 Å². The van der Waals surface area contributed by atoms with Crippen LogP contribution in [0.1, 0.15) is 24.3 Å². The second-order valence-corrected chi connectivity index (χ2v) is 4.86. The van der Waals surface area contributed by atoms with Crippen molar-refractivity contribution in [2.75, 3.05) is 0 Å². The second-order valence-electron chi connectivity index (χ2n) is 4.86. The quantitative estimate of drug-likeness (QED) is 0.820. The van der Waals surface area contributed by atoms with Crippen LogP contribution < -0.4 is 5.32 Å². The van der Waals surface area contributed by atoms with Crippen LogP contribution in [0.15, 0.2) is 59.8 Å². The summed E-state index contributed by atoms with van der Waals surface area (Å²) < 4.78 is 12.9. The SMILES string of the molecule is O=C1CC(c2ccc(F)cc2)CC(=C2C=CC=C2)N1. The molecule has 1 atom stereocenters. The molecule has 1 aromatic rings. The lowest BCUT2D eigenvalue weighted by molar-refractivity contribution is -0.121. The fraction of sp³-hybridized carbons (Fsp3) is 0.188. The molecule has 1 saturated heterocycles. The topological polar surface area (TPSA) is 29.1 Å². The summed E-state index contributed by atoms with van der Waals surface area (Å²) >= 11 is 0. The van der Waals surface area contributed by atoms with Crippen LogP contribution in [0.5, 0.6) is 0 Å². The van der Waals surface area contributed by atoms with Crippen LogP contribution in [-0.4, -0.2) is 5.91 Å². The first-order valence-electron chi connectivity index (χ1n) is 6.35. The standard InChI is InChI=1S/C16H14FNO/c17-14-7-5-11(6-8-14)13-9-15(18-16(19)10-13)12-3-1-2-4-12/h1-8,13H,9-10H2,(H,18,19). The van der Waals surface area contributed by atoms with Crippen LogP contribution in [0, 0.1) is 5.82 Å². The first-order valence-corrected chi connectivity index (χ1v) is 6.35. The van der Waals surface area contributed by atoms with E-state index in [1.807, 2.05) is 24.3 Å². The van der Waals surface area contributed by atoms with Crippen molar-refractivity contribution >= 4 is 5.91 Å². The zero-order valence-corrected chi connectivity index (χ0v) is 10.4. The highest BCUT2D eigenvalue weighted by molar-refractivity contribution is 5.80. The summed E-state index contributed by atoms with van der Waals surface area (Å²) in [6.07, 6.45) is 9.12. The van der Waals surface area contributed by atoms with E-state index in [0.717, 1.165) is 23.3 Å². The molecular weight excluding hydrogens is 241 g/mol. The number of halogens is 1. The van der Waals surface area contributed by atoms with E-state index in [4.69, 9.17) is 0 Å². The first kappa shape index (κ1) is 11.9. The molecule has 1 amide bonds.